The summed E-state index contributed by atoms with van der Waals surface area (Å²) in [7, 11) is 2.06. The minimum Gasteiger partial charge on any atom is -0.462 e. The van der Waals surface area contributed by atoms with Gasteiger partial charge in [0.2, 0.25) is 6.54 Å². The molecule has 2 saturated heterocycles. The van der Waals surface area contributed by atoms with Crippen LogP contribution >= 0.6 is 11.6 Å². The number of amides is 1. The number of carbonyl (C=O) groups is 1. The average molecular weight is 618 g/mol. The molecular weight excluding hydrogens is 588 g/mol. The maximum atomic E-state index is 14.5. The third kappa shape index (κ3) is 5.63. The largest absolute Gasteiger partial charge is 0.462 e. The van der Waals surface area contributed by atoms with Gasteiger partial charge in [-0.25, -0.2) is 15.4 Å². The van der Waals surface area contributed by atoms with Gasteiger partial charge in [-0.3, -0.25) is 9.78 Å². The maximum Gasteiger partial charge on any atom is 0.319 e. The van der Waals surface area contributed by atoms with Crippen molar-refractivity contribution >= 4 is 45.1 Å². The first-order chi connectivity index (χ1) is 21.2. The number of pyridine rings is 1. The van der Waals surface area contributed by atoms with Crippen LogP contribution in [0.25, 0.3) is 37.8 Å². The Morgan fingerprint density at radius 2 is 2.05 bits per heavy atom. The number of anilines is 1. The third-order valence-corrected chi connectivity index (χ3v) is 8.77. The summed E-state index contributed by atoms with van der Waals surface area (Å²) in [6.07, 6.45) is 3.77. The first-order valence-electron chi connectivity index (χ1n) is 14.4. The predicted octanol–water partition coefficient (Wildman–Crippen LogP) is 5.53. The number of fused-ring (bicyclic) bond motifs is 2. The molecular formula is C32H30ClF2N7O2. The van der Waals surface area contributed by atoms with Crippen molar-refractivity contribution in [1.29, 1.82) is 0 Å². The van der Waals surface area contributed by atoms with Crippen LogP contribution in [0.15, 0.2) is 55.0 Å². The van der Waals surface area contributed by atoms with E-state index in [0.29, 0.717) is 46.5 Å². The van der Waals surface area contributed by atoms with Crippen molar-refractivity contribution in [2.24, 2.45) is 0 Å². The van der Waals surface area contributed by atoms with Gasteiger partial charge in [-0.2, -0.15) is 9.97 Å². The van der Waals surface area contributed by atoms with Crippen molar-refractivity contribution in [3.05, 3.63) is 77.3 Å². The number of ether oxygens (including phenoxy) is 1. The number of carbonyl (C=O) groups excluding carboxylic acids is 1. The normalized spacial score (nSPS) is 19.0. The lowest BCUT2D eigenvalue weighted by atomic mass is 9.99. The number of rotatable bonds is 7. The Hall–Kier alpha value is -4.40. The highest BCUT2D eigenvalue weighted by molar-refractivity contribution is 6.36. The number of likely N-dealkylation sites (N-methyl/N-ethyl adjacent to an activating group) is 1. The number of benzene rings is 2. The third-order valence-electron chi connectivity index (χ3n) is 8.40. The Kier molecular flexibility index (Phi) is 8.29. The molecule has 4 heterocycles. The summed E-state index contributed by atoms with van der Waals surface area (Å²) in [6.45, 7) is 12.7. The quantitative estimate of drug-likeness (QED) is 0.199. The minimum absolute atomic E-state index is 0.00805. The number of halogens is 3. The van der Waals surface area contributed by atoms with E-state index < -0.39 is 23.6 Å². The Labute approximate surface area is 258 Å². The first-order valence-corrected chi connectivity index (χ1v) is 14.7. The van der Waals surface area contributed by atoms with Gasteiger partial charge in [-0.05, 0) is 49.5 Å². The summed E-state index contributed by atoms with van der Waals surface area (Å²) >= 11 is 6.43. The fourth-order valence-corrected chi connectivity index (χ4v) is 6.33. The van der Waals surface area contributed by atoms with Crippen molar-refractivity contribution < 1.29 is 18.3 Å². The van der Waals surface area contributed by atoms with Gasteiger partial charge in [-0.15, -0.1) is 0 Å². The molecule has 4 aromatic rings. The zero-order chi connectivity index (χ0) is 31.0. The number of hydrogen-bond acceptors (Lipinski definition) is 7. The number of likely N-dealkylation sites (tertiary alicyclic amines) is 1. The fraction of sp³-hybridized carbons (Fsp3) is 0.344. The summed E-state index contributed by atoms with van der Waals surface area (Å²) in [5.74, 6) is -1.90. The Morgan fingerprint density at radius 1 is 1.20 bits per heavy atom. The highest BCUT2D eigenvalue weighted by Crippen LogP contribution is 2.37. The molecule has 1 amide bonds. The standard InChI is InChI=1S/C32H30ClF2N7O2/c1-19(34)31(43)42-13-12-41(17-23(42)16-36-2)30-29-26(38-32(39-30)44-18-22-7-5-11-40(22)3)14-21(15-37-29)24-8-4-6-20-9-10-25(35)28(33)27(20)24/h4,6,8-10,14-15,22-23H,1,5,7,11-13,16-18H2,3H3/t22-,23-/m0/s1. The van der Waals surface area contributed by atoms with Crippen LogP contribution in [0.1, 0.15) is 12.8 Å². The van der Waals surface area contributed by atoms with E-state index in [2.05, 4.69) is 23.4 Å². The van der Waals surface area contributed by atoms with Gasteiger partial charge in [0, 0.05) is 42.8 Å². The smallest absolute Gasteiger partial charge is 0.319 e. The summed E-state index contributed by atoms with van der Waals surface area (Å²) < 4.78 is 34.4. The molecule has 0 radical (unpaired) electrons. The second-order valence-corrected chi connectivity index (χ2v) is 11.5. The molecule has 0 bridgehead atoms. The molecule has 2 aromatic carbocycles. The van der Waals surface area contributed by atoms with Crippen LogP contribution in [0.4, 0.5) is 14.6 Å². The van der Waals surface area contributed by atoms with E-state index in [1.54, 1.807) is 12.3 Å². The second-order valence-electron chi connectivity index (χ2n) is 11.1. The van der Waals surface area contributed by atoms with E-state index in [0.717, 1.165) is 24.8 Å². The molecule has 2 aromatic heterocycles. The van der Waals surface area contributed by atoms with E-state index in [9.17, 15) is 13.6 Å². The van der Waals surface area contributed by atoms with E-state index in [1.165, 1.54) is 11.0 Å². The summed E-state index contributed by atoms with van der Waals surface area (Å²) in [6, 6.07) is 10.3. The molecule has 0 unspecified atom stereocenters. The van der Waals surface area contributed by atoms with Crippen LogP contribution in [0.2, 0.25) is 5.02 Å². The molecule has 0 spiro atoms. The SMILES string of the molecule is [C-]#[N+]C[C@H]1CN(c2nc(OC[C@@H]3CCCN3C)nc3cc(-c4cccc5ccc(F)c(Cl)c45)cnc23)CCN1C(=O)C(=C)F. The number of hydrogen-bond donors (Lipinski definition) is 0. The Bertz CT molecular complexity index is 1810. The van der Waals surface area contributed by atoms with Crippen LogP contribution in [0.5, 0.6) is 6.01 Å². The summed E-state index contributed by atoms with van der Waals surface area (Å²) in [4.78, 5) is 35.7. The molecule has 12 heteroatoms. The van der Waals surface area contributed by atoms with E-state index in [-0.39, 0.29) is 36.7 Å². The van der Waals surface area contributed by atoms with Crippen LogP contribution < -0.4 is 9.64 Å². The first kappa shape index (κ1) is 29.7. The number of nitrogens with zero attached hydrogens (tertiary/aromatic N) is 7. The molecule has 0 aliphatic carbocycles. The minimum atomic E-state index is -1.06. The van der Waals surface area contributed by atoms with Crippen molar-refractivity contribution in [2.75, 3.05) is 51.3 Å². The molecule has 44 heavy (non-hydrogen) atoms. The van der Waals surface area contributed by atoms with Crippen LogP contribution in [-0.4, -0.2) is 89.1 Å². The van der Waals surface area contributed by atoms with Gasteiger partial charge in [0.25, 0.3) is 5.91 Å². The monoisotopic (exact) mass is 617 g/mol. The molecule has 0 N–H and O–H groups in total. The molecule has 2 aliphatic rings. The zero-order valence-electron chi connectivity index (χ0n) is 24.1. The van der Waals surface area contributed by atoms with E-state index in [4.69, 9.17) is 37.9 Å². The molecule has 9 nitrogen and oxygen atoms in total. The van der Waals surface area contributed by atoms with E-state index >= 15 is 0 Å². The molecule has 2 atom stereocenters. The zero-order valence-corrected chi connectivity index (χ0v) is 24.9. The van der Waals surface area contributed by atoms with Crippen LogP contribution in [0, 0.1) is 12.4 Å². The lowest BCUT2D eigenvalue weighted by Gasteiger charge is -2.39. The lowest BCUT2D eigenvalue weighted by Crippen LogP contribution is -2.56. The fourth-order valence-electron chi connectivity index (χ4n) is 6.06. The Balaban J connectivity index is 1.43. The van der Waals surface area contributed by atoms with Gasteiger partial charge in [0.1, 0.15) is 24.0 Å². The highest BCUT2D eigenvalue weighted by Gasteiger charge is 2.35. The van der Waals surface area contributed by atoms with Gasteiger partial charge < -0.3 is 24.3 Å². The average Bonchev–Trinajstić information content (AvgIpc) is 3.44. The van der Waals surface area contributed by atoms with Gasteiger partial charge >= 0.3 is 6.01 Å². The summed E-state index contributed by atoms with van der Waals surface area (Å²) in [5, 5.41) is 1.39. The van der Waals surface area contributed by atoms with Gasteiger partial charge in [0.05, 0.1) is 10.5 Å². The van der Waals surface area contributed by atoms with Crippen LogP contribution in [-0.2, 0) is 4.79 Å². The van der Waals surface area contributed by atoms with Gasteiger partial charge in [-0.1, -0.05) is 42.4 Å². The molecule has 6 rings (SSSR count). The van der Waals surface area contributed by atoms with Crippen LogP contribution in [0.3, 0.4) is 0 Å². The molecule has 2 aliphatic heterocycles. The molecule has 2 fully saturated rings. The lowest BCUT2D eigenvalue weighted by molar-refractivity contribution is -0.131. The topological polar surface area (TPSA) is 79.1 Å². The second kappa shape index (κ2) is 12.3. The Morgan fingerprint density at radius 3 is 2.80 bits per heavy atom. The molecule has 226 valence electrons. The highest BCUT2D eigenvalue weighted by atomic mass is 35.5. The van der Waals surface area contributed by atoms with Crippen molar-refractivity contribution in [3.8, 4) is 17.1 Å². The number of aromatic nitrogens is 3. The van der Waals surface area contributed by atoms with Gasteiger partial charge in [0.15, 0.2) is 11.6 Å². The predicted molar refractivity (Wildman–Crippen MR) is 166 cm³/mol. The van der Waals surface area contributed by atoms with Crippen molar-refractivity contribution in [3.63, 3.8) is 0 Å². The summed E-state index contributed by atoms with van der Waals surface area (Å²) in [5.41, 5.74) is 2.38. The maximum absolute atomic E-state index is 14.5. The van der Waals surface area contributed by atoms with Crippen molar-refractivity contribution in [1.82, 2.24) is 24.8 Å². The van der Waals surface area contributed by atoms with E-state index in [1.807, 2.05) is 29.2 Å². The number of piperazine rings is 1. The molecule has 0 saturated carbocycles. The van der Waals surface area contributed by atoms with Crippen molar-refractivity contribution in [2.45, 2.75) is 24.9 Å².